The van der Waals surface area contributed by atoms with Gasteiger partial charge in [0.2, 0.25) is 5.88 Å². The molecule has 0 saturated carbocycles. The first-order chi connectivity index (χ1) is 13.0. The Hall–Kier alpha value is -2.83. The molecule has 7 heteroatoms. The van der Waals surface area contributed by atoms with Crippen molar-refractivity contribution in [2.45, 2.75) is 33.6 Å². The Labute approximate surface area is 159 Å². The van der Waals surface area contributed by atoms with Gasteiger partial charge in [-0.15, -0.1) is 0 Å². The Kier molecular flexibility index (Phi) is 5.78. The van der Waals surface area contributed by atoms with Crippen molar-refractivity contribution in [1.29, 1.82) is 0 Å². The highest BCUT2D eigenvalue weighted by Gasteiger charge is 2.29. The number of piperidine rings is 1. The highest BCUT2D eigenvalue weighted by molar-refractivity contribution is 5.75. The van der Waals surface area contributed by atoms with Crippen LogP contribution in [0, 0.1) is 19.8 Å². The number of nitrogens with two attached hydrogens (primary N) is 1. The molecule has 1 aromatic carbocycles. The summed E-state index contributed by atoms with van der Waals surface area (Å²) >= 11 is 0. The number of ether oxygens (including phenoxy) is 2. The van der Waals surface area contributed by atoms with Gasteiger partial charge in [0, 0.05) is 13.1 Å². The van der Waals surface area contributed by atoms with Crippen LogP contribution in [-0.2, 0) is 9.53 Å². The zero-order valence-corrected chi connectivity index (χ0v) is 16.1. The molecule has 1 aliphatic rings. The largest absolute Gasteiger partial charge is 0.466 e. The maximum Gasteiger partial charge on any atom is 0.310 e. The van der Waals surface area contributed by atoms with Crippen LogP contribution in [0.2, 0.25) is 0 Å². The molecule has 0 radical (unpaired) electrons. The van der Waals surface area contributed by atoms with Crippen molar-refractivity contribution in [2.75, 3.05) is 30.3 Å². The van der Waals surface area contributed by atoms with Gasteiger partial charge in [0.25, 0.3) is 0 Å². The van der Waals surface area contributed by atoms with E-state index in [4.69, 9.17) is 15.2 Å². The van der Waals surface area contributed by atoms with E-state index in [1.807, 2.05) is 37.8 Å². The highest BCUT2D eigenvalue weighted by Crippen LogP contribution is 2.34. The molecule has 1 unspecified atom stereocenters. The molecular formula is C20H26N4O3. The molecule has 0 aliphatic carbocycles. The number of nitrogens with zero attached hydrogens (tertiary/aromatic N) is 3. The van der Waals surface area contributed by atoms with E-state index in [1.165, 1.54) is 6.33 Å². The van der Waals surface area contributed by atoms with Crippen molar-refractivity contribution in [3.63, 3.8) is 0 Å². The van der Waals surface area contributed by atoms with E-state index in [1.54, 1.807) is 0 Å². The van der Waals surface area contributed by atoms with Crippen LogP contribution in [0.5, 0.6) is 11.6 Å². The first-order valence-corrected chi connectivity index (χ1v) is 9.26. The Bertz CT molecular complexity index is 805. The summed E-state index contributed by atoms with van der Waals surface area (Å²) in [5.74, 6) is 1.27. The number of benzene rings is 1. The fraction of sp³-hybridized carbons (Fsp3) is 0.450. The SMILES string of the molecule is CCOC(=O)C1CCCN(c2ncnc(Oc3cc(C)cc(C)c3)c2N)C1. The zero-order chi connectivity index (χ0) is 19.4. The van der Waals surface area contributed by atoms with Crippen LogP contribution in [0.1, 0.15) is 30.9 Å². The lowest BCUT2D eigenvalue weighted by Crippen LogP contribution is -2.40. The average molecular weight is 370 g/mol. The molecule has 3 rings (SSSR count). The van der Waals surface area contributed by atoms with Gasteiger partial charge in [-0.1, -0.05) is 6.07 Å². The number of hydrogen-bond acceptors (Lipinski definition) is 7. The number of esters is 1. The van der Waals surface area contributed by atoms with E-state index in [-0.39, 0.29) is 11.9 Å². The van der Waals surface area contributed by atoms with E-state index in [9.17, 15) is 4.79 Å². The molecule has 2 heterocycles. The fourth-order valence-corrected chi connectivity index (χ4v) is 3.43. The summed E-state index contributed by atoms with van der Waals surface area (Å²) in [5.41, 5.74) is 8.89. The lowest BCUT2D eigenvalue weighted by molar-refractivity contribution is -0.148. The molecule has 0 bridgehead atoms. The van der Waals surface area contributed by atoms with Crippen LogP contribution >= 0.6 is 0 Å². The van der Waals surface area contributed by atoms with Gasteiger partial charge in [-0.3, -0.25) is 4.79 Å². The minimum absolute atomic E-state index is 0.165. The molecule has 144 valence electrons. The van der Waals surface area contributed by atoms with E-state index in [0.29, 0.717) is 36.3 Å². The lowest BCUT2D eigenvalue weighted by Gasteiger charge is -2.33. The van der Waals surface area contributed by atoms with Crippen molar-refractivity contribution in [3.8, 4) is 11.6 Å². The first kappa shape index (κ1) is 18.9. The number of hydrogen-bond donors (Lipinski definition) is 1. The van der Waals surface area contributed by atoms with Crippen LogP contribution in [0.15, 0.2) is 24.5 Å². The van der Waals surface area contributed by atoms with Gasteiger partial charge in [-0.2, -0.15) is 4.98 Å². The summed E-state index contributed by atoms with van der Waals surface area (Å²) in [6.07, 6.45) is 3.13. The minimum atomic E-state index is -0.170. The Morgan fingerprint density at radius 3 is 2.70 bits per heavy atom. The number of carbonyl (C=O) groups is 1. The van der Waals surface area contributed by atoms with Gasteiger partial charge < -0.3 is 20.1 Å². The van der Waals surface area contributed by atoms with Crippen molar-refractivity contribution in [3.05, 3.63) is 35.7 Å². The molecule has 1 aromatic heterocycles. The monoisotopic (exact) mass is 370 g/mol. The van der Waals surface area contributed by atoms with Gasteiger partial charge in [0.1, 0.15) is 17.8 Å². The molecule has 27 heavy (non-hydrogen) atoms. The molecular weight excluding hydrogens is 344 g/mol. The van der Waals surface area contributed by atoms with Gasteiger partial charge in [-0.25, -0.2) is 4.98 Å². The van der Waals surface area contributed by atoms with Crippen LogP contribution in [0.3, 0.4) is 0 Å². The molecule has 0 amide bonds. The van der Waals surface area contributed by atoms with Crippen molar-refractivity contribution in [1.82, 2.24) is 9.97 Å². The second-order valence-electron chi connectivity index (χ2n) is 6.88. The topological polar surface area (TPSA) is 90.6 Å². The summed E-state index contributed by atoms with van der Waals surface area (Å²) in [7, 11) is 0. The van der Waals surface area contributed by atoms with Crippen LogP contribution < -0.4 is 15.4 Å². The predicted octanol–water partition coefficient (Wildman–Crippen LogP) is 3.25. The quantitative estimate of drug-likeness (QED) is 0.808. The highest BCUT2D eigenvalue weighted by atomic mass is 16.5. The molecule has 7 nitrogen and oxygen atoms in total. The van der Waals surface area contributed by atoms with E-state index in [2.05, 4.69) is 16.0 Å². The maximum atomic E-state index is 12.1. The maximum absolute atomic E-state index is 12.1. The molecule has 0 spiro atoms. The Morgan fingerprint density at radius 1 is 1.26 bits per heavy atom. The summed E-state index contributed by atoms with van der Waals surface area (Å²) in [4.78, 5) is 22.6. The zero-order valence-electron chi connectivity index (χ0n) is 16.1. The summed E-state index contributed by atoms with van der Waals surface area (Å²) in [5, 5.41) is 0. The van der Waals surface area contributed by atoms with Crippen LogP contribution in [0.4, 0.5) is 11.5 Å². The molecule has 2 aromatic rings. The number of rotatable bonds is 5. The normalized spacial score (nSPS) is 16.9. The fourth-order valence-electron chi connectivity index (χ4n) is 3.43. The van der Waals surface area contributed by atoms with E-state index >= 15 is 0 Å². The minimum Gasteiger partial charge on any atom is -0.466 e. The van der Waals surface area contributed by atoms with E-state index in [0.717, 1.165) is 30.5 Å². The third kappa shape index (κ3) is 4.48. The smallest absolute Gasteiger partial charge is 0.310 e. The van der Waals surface area contributed by atoms with Crippen molar-refractivity contribution in [2.24, 2.45) is 5.92 Å². The second-order valence-corrected chi connectivity index (χ2v) is 6.88. The second kappa shape index (κ2) is 8.24. The van der Waals surface area contributed by atoms with E-state index < -0.39 is 0 Å². The molecule has 1 saturated heterocycles. The Balaban J connectivity index is 1.81. The number of anilines is 2. The number of aryl methyl sites for hydroxylation is 2. The summed E-state index contributed by atoms with van der Waals surface area (Å²) in [6, 6.07) is 5.95. The lowest BCUT2D eigenvalue weighted by atomic mass is 9.98. The van der Waals surface area contributed by atoms with Crippen molar-refractivity contribution < 1.29 is 14.3 Å². The molecule has 1 atom stereocenters. The van der Waals surface area contributed by atoms with Gasteiger partial charge >= 0.3 is 5.97 Å². The summed E-state index contributed by atoms with van der Waals surface area (Å²) < 4.78 is 11.1. The number of aromatic nitrogens is 2. The molecule has 2 N–H and O–H groups in total. The van der Waals surface area contributed by atoms with Gasteiger partial charge in [0.05, 0.1) is 12.5 Å². The third-order valence-corrected chi connectivity index (χ3v) is 4.58. The molecule has 1 aliphatic heterocycles. The summed E-state index contributed by atoms with van der Waals surface area (Å²) in [6.45, 7) is 7.54. The number of carbonyl (C=O) groups excluding carboxylic acids is 1. The first-order valence-electron chi connectivity index (χ1n) is 9.26. The van der Waals surface area contributed by atoms with Crippen LogP contribution in [-0.4, -0.2) is 35.6 Å². The predicted molar refractivity (Wildman–Crippen MR) is 104 cm³/mol. The van der Waals surface area contributed by atoms with Gasteiger partial charge in [-0.05, 0) is 56.9 Å². The number of nitrogen functional groups attached to an aromatic ring is 1. The third-order valence-electron chi connectivity index (χ3n) is 4.58. The van der Waals surface area contributed by atoms with Gasteiger partial charge in [0.15, 0.2) is 5.82 Å². The molecule has 1 fully saturated rings. The van der Waals surface area contributed by atoms with Crippen molar-refractivity contribution >= 4 is 17.5 Å². The standard InChI is InChI=1S/C20H26N4O3/c1-4-26-20(25)15-6-5-7-24(11-15)18-17(21)19(23-12-22-18)27-16-9-13(2)8-14(3)10-16/h8-10,12,15H,4-7,11,21H2,1-3H3. The van der Waals surface area contributed by atoms with Crippen LogP contribution in [0.25, 0.3) is 0 Å². The average Bonchev–Trinajstić information content (AvgIpc) is 2.63. The Morgan fingerprint density at radius 2 is 2.00 bits per heavy atom.